The van der Waals surface area contributed by atoms with E-state index in [0.717, 1.165) is 39.0 Å². The number of furan rings is 1. The Morgan fingerprint density at radius 3 is 1.62 bits per heavy atom. The molecule has 0 aliphatic rings. The average Bonchev–Trinajstić information content (AvgIpc) is 3.50. The summed E-state index contributed by atoms with van der Waals surface area (Å²) in [6.07, 6.45) is 0. The summed E-state index contributed by atoms with van der Waals surface area (Å²) >= 11 is 0. The second kappa shape index (κ2) is 12.1. The van der Waals surface area contributed by atoms with Gasteiger partial charge in [-0.25, -0.2) is 0 Å². The first-order chi connectivity index (χ1) is 23.4. The fraction of sp³-hybridized carbons (Fsp3) is 0.0870. The summed E-state index contributed by atoms with van der Waals surface area (Å²) < 4.78 is 6.39. The Kier molecular flexibility index (Phi) is 7.42. The predicted octanol–water partition coefficient (Wildman–Crippen LogP) is 13.4. The highest BCUT2D eigenvalue weighted by Gasteiger charge is 2.25. The van der Waals surface area contributed by atoms with Gasteiger partial charge in [0.05, 0.1) is 0 Å². The van der Waals surface area contributed by atoms with Gasteiger partial charge in [-0.15, -0.1) is 0 Å². The van der Waals surface area contributed by atoms with Crippen LogP contribution in [-0.4, -0.2) is 0 Å². The van der Waals surface area contributed by atoms with Gasteiger partial charge in [0.25, 0.3) is 0 Å². The van der Waals surface area contributed by atoms with E-state index in [0.29, 0.717) is 0 Å². The first-order valence-corrected chi connectivity index (χ1v) is 16.6. The SMILES string of the molecule is CC(C)(C)c1cc(-c2cccc(-c3ccccc3)c2)ccc1N(c1ccc(-c2ccccc2)cc1)c1ccc2c(c1)oc1ccccc12. The number of benzene rings is 7. The van der Waals surface area contributed by atoms with E-state index < -0.39 is 0 Å². The molecule has 8 rings (SSSR count). The number of hydrogen-bond donors (Lipinski definition) is 0. The highest BCUT2D eigenvalue weighted by atomic mass is 16.3. The molecule has 0 saturated carbocycles. The van der Waals surface area contributed by atoms with Crippen molar-refractivity contribution in [2.45, 2.75) is 26.2 Å². The van der Waals surface area contributed by atoms with Crippen LogP contribution < -0.4 is 4.90 Å². The normalized spacial score (nSPS) is 11.6. The molecular formula is C46H37NO. The fourth-order valence-electron chi connectivity index (χ4n) is 6.73. The molecule has 0 radical (unpaired) electrons. The number of rotatable bonds is 6. The van der Waals surface area contributed by atoms with E-state index in [1.807, 2.05) is 12.1 Å². The quantitative estimate of drug-likeness (QED) is 0.184. The van der Waals surface area contributed by atoms with Crippen molar-refractivity contribution in [2.24, 2.45) is 0 Å². The molecule has 232 valence electrons. The van der Waals surface area contributed by atoms with Crippen molar-refractivity contribution in [3.63, 3.8) is 0 Å². The molecule has 0 atom stereocenters. The van der Waals surface area contributed by atoms with Gasteiger partial charge in [0.1, 0.15) is 11.2 Å². The van der Waals surface area contributed by atoms with Crippen LogP contribution in [0, 0.1) is 0 Å². The van der Waals surface area contributed by atoms with E-state index in [2.05, 4.69) is 183 Å². The monoisotopic (exact) mass is 619 g/mol. The summed E-state index contributed by atoms with van der Waals surface area (Å²) in [5.41, 5.74) is 13.5. The first-order valence-electron chi connectivity index (χ1n) is 16.6. The molecule has 0 amide bonds. The highest BCUT2D eigenvalue weighted by Crippen LogP contribution is 2.44. The topological polar surface area (TPSA) is 16.4 Å². The van der Waals surface area contributed by atoms with Crippen molar-refractivity contribution in [1.82, 2.24) is 0 Å². The molecular weight excluding hydrogens is 583 g/mol. The number of hydrogen-bond acceptors (Lipinski definition) is 2. The molecule has 8 aromatic rings. The Labute approximate surface area is 282 Å². The minimum absolute atomic E-state index is 0.131. The first kappa shape index (κ1) is 29.5. The molecule has 2 nitrogen and oxygen atoms in total. The smallest absolute Gasteiger partial charge is 0.137 e. The van der Waals surface area contributed by atoms with Crippen LogP contribution >= 0.6 is 0 Å². The molecule has 0 saturated heterocycles. The molecule has 1 aromatic heterocycles. The van der Waals surface area contributed by atoms with Gasteiger partial charge in [-0.1, -0.05) is 136 Å². The van der Waals surface area contributed by atoms with Gasteiger partial charge >= 0.3 is 0 Å². The molecule has 7 aromatic carbocycles. The predicted molar refractivity (Wildman–Crippen MR) is 203 cm³/mol. The lowest BCUT2D eigenvalue weighted by Crippen LogP contribution is -2.19. The second-order valence-corrected chi connectivity index (χ2v) is 13.5. The van der Waals surface area contributed by atoms with Gasteiger partial charge in [-0.05, 0) is 92.9 Å². The van der Waals surface area contributed by atoms with Crippen LogP contribution in [0.4, 0.5) is 17.1 Å². The Balaban J connectivity index is 1.29. The summed E-state index contributed by atoms with van der Waals surface area (Å²) in [4.78, 5) is 2.38. The summed E-state index contributed by atoms with van der Waals surface area (Å²) in [5.74, 6) is 0. The molecule has 0 spiro atoms. The number of nitrogens with zero attached hydrogens (tertiary/aromatic N) is 1. The lowest BCUT2D eigenvalue weighted by molar-refractivity contribution is 0.591. The highest BCUT2D eigenvalue weighted by molar-refractivity contribution is 6.06. The Morgan fingerprint density at radius 1 is 0.396 bits per heavy atom. The standard InChI is InChI=1S/C46H37NO/c1-46(2,3)42-30-37(36-18-12-17-35(29-36)33-15-8-5-9-16-33)23-28-43(42)47(38-24-21-34(22-25-38)32-13-6-4-7-14-32)39-26-27-41-40-19-10-11-20-44(40)48-45(41)31-39/h4-31H,1-3H3. The Morgan fingerprint density at radius 2 is 0.917 bits per heavy atom. The third-order valence-electron chi connectivity index (χ3n) is 9.20. The van der Waals surface area contributed by atoms with Crippen LogP contribution in [0.5, 0.6) is 0 Å². The van der Waals surface area contributed by atoms with Crippen LogP contribution in [-0.2, 0) is 5.41 Å². The van der Waals surface area contributed by atoms with E-state index >= 15 is 0 Å². The molecule has 1 heterocycles. The largest absolute Gasteiger partial charge is 0.456 e. The Hall–Kier alpha value is -5.86. The molecule has 2 heteroatoms. The van der Waals surface area contributed by atoms with Gasteiger partial charge in [0.2, 0.25) is 0 Å². The second-order valence-electron chi connectivity index (χ2n) is 13.5. The minimum Gasteiger partial charge on any atom is -0.456 e. The number of para-hydroxylation sites is 1. The van der Waals surface area contributed by atoms with Gasteiger partial charge in [0, 0.05) is 33.9 Å². The summed E-state index contributed by atoms with van der Waals surface area (Å²) in [6, 6.07) is 60.7. The van der Waals surface area contributed by atoms with Crippen molar-refractivity contribution in [1.29, 1.82) is 0 Å². The molecule has 0 N–H and O–H groups in total. The Bertz CT molecular complexity index is 2360. The van der Waals surface area contributed by atoms with Crippen molar-refractivity contribution in [3.8, 4) is 33.4 Å². The van der Waals surface area contributed by atoms with Crippen molar-refractivity contribution < 1.29 is 4.42 Å². The third kappa shape index (κ3) is 5.56. The zero-order valence-corrected chi connectivity index (χ0v) is 27.5. The summed E-state index contributed by atoms with van der Waals surface area (Å²) in [5, 5.41) is 2.26. The van der Waals surface area contributed by atoms with Crippen LogP contribution in [0.3, 0.4) is 0 Å². The number of anilines is 3. The molecule has 0 aliphatic carbocycles. The molecule has 0 unspecified atom stereocenters. The average molecular weight is 620 g/mol. The van der Waals surface area contributed by atoms with E-state index in [4.69, 9.17) is 4.42 Å². The van der Waals surface area contributed by atoms with E-state index in [1.54, 1.807) is 0 Å². The summed E-state index contributed by atoms with van der Waals surface area (Å²) in [7, 11) is 0. The number of fused-ring (bicyclic) bond motifs is 3. The van der Waals surface area contributed by atoms with E-state index in [9.17, 15) is 0 Å². The zero-order chi connectivity index (χ0) is 32.7. The fourth-order valence-corrected chi connectivity index (χ4v) is 6.73. The van der Waals surface area contributed by atoms with E-state index in [-0.39, 0.29) is 5.41 Å². The van der Waals surface area contributed by atoms with Crippen LogP contribution in [0.15, 0.2) is 174 Å². The van der Waals surface area contributed by atoms with Crippen LogP contribution in [0.25, 0.3) is 55.3 Å². The van der Waals surface area contributed by atoms with Crippen molar-refractivity contribution in [2.75, 3.05) is 4.90 Å². The zero-order valence-electron chi connectivity index (χ0n) is 27.5. The van der Waals surface area contributed by atoms with Gasteiger partial charge in [-0.2, -0.15) is 0 Å². The van der Waals surface area contributed by atoms with Crippen LogP contribution in [0.2, 0.25) is 0 Å². The maximum absolute atomic E-state index is 6.39. The van der Waals surface area contributed by atoms with Crippen molar-refractivity contribution >= 4 is 39.0 Å². The minimum atomic E-state index is -0.131. The molecule has 0 aliphatic heterocycles. The third-order valence-corrected chi connectivity index (χ3v) is 9.20. The maximum Gasteiger partial charge on any atom is 0.137 e. The van der Waals surface area contributed by atoms with Crippen LogP contribution in [0.1, 0.15) is 26.3 Å². The lowest BCUT2D eigenvalue weighted by atomic mass is 9.83. The summed E-state index contributed by atoms with van der Waals surface area (Å²) in [6.45, 7) is 6.90. The van der Waals surface area contributed by atoms with Gasteiger partial charge in [-0.3, -0.25) is 0 Å². The molecule has 0 fully saturated rings. The molecule has 0 bridgehead atoms. The molecule has 48 heavy (non-hydrogen) atoms. The van der Waals surface area contributed by atoms with Gasteiger partial charge < -0.3 is 9.32 Å². The van der Waals surface area contributed by atoms with Crippen molar-refractivity contribution in [3.05, 3.63) is 175 Å². The maximum atomic E-state index is 6.39. The van der Waals surface area contributed by atoms with E-state index in [1.165, 1.54) is 38.9 Å². The lowest BCUT2D eigenvalue weighted by Gasteiger charge is -2.32. The van der Waals surface area contributed by atoms with Gasteiger partial charge in [0.15, 0.2) is 0 Å².